The van der Waals surface area contributed by atoms with Gasteiger partial charge in [0.2, 0.25) is 0 Å². The van der Waals surface area contributed by atoms with Crippen LogP contribution in [0.1, 0.15) is 18.5 Å². The first-order chi connectivity index (χ1) is 8.31. The number of hydrogen-bond donors (Lipinski definition) is 1. The van der Waals surface area contributed by atoms with Crippen molar-refractivity contribution in [3.63, 3.8) is 0 Å². The minimum Gasteiger partial charge on any atom is -0.317 e. The molecule has 1 aliphatic heterocycles. The van der Waals surface area contributed by atoms with Gasteiger partial charge < -0.3 is 9.72 Å². The first-order valence-corrected chi connectivity index (χ1v) is 6.53. The fraction of sp³-hybridized carbons (Fsp3) is 0.462. The number of imidazole rings is 1. The lowest BCUT2D eigenvalue weighted by Gasteiger charge is -2.21. The Morgan fingerprint density at radius 1 is 1.41 bits per heavy atom. The lowest BCUT2D eigenvalue weighted by atomic mass is 9.93. The van der Waals surface area contributed by atoms with Crippen LogP contribution in [0.4, 0.5) is 0 Å². The normalized spacial score (nSPS) is 17.7. The van der Waals surface area contributed by atoms with Gasteiger partial charge in [0.05, 0.1) is 5.69 Å². The summed E-state index contributed by atoms with van der Waals surface area (Å²) < 4.78 is 2.04. The number of piperidine rings is 1. The second-order valence-corrected chi connectivity index (χ2v) is 5.18. The van der Waals surface area contributed by atoms with E-state index in [1.54, 1.807) is 0 Å². The number of aromatic nitrogens is 2. The van der Waals surface area contributed by atoms with Gasteiger partial charge in [0.25, 0.3) is 0 Å². The lowest BCUT2D eigenvalue weighted by molar-refractivity contribution is 0.370. The zero-order valence-corrected chi connectivity index (χ0v) is 10.5. The van der Waals surface area contributed by atoms with Crippen LogP contribution in [-0.2, 0) is 6.42 Å². The highest BCUT2D eigenvalue weighted by molar-refractivity contribution is 6.30. The van der Waals surface area contributed by atoms with Crippen molar-refractivity contribution in [3.8, 4) is 0 Å². The van der Waals surface area contributed by atoms with Crippen molar-refractivity contribution in [2.75, 3.05) is 13.1 Å². The molecule has 0 bridgehead atoms. The Morgan fingerprint density at radius 3 is 3.06 bits per heavy atom. The van der Waals surface area contributed by atoms with Gasteiger partial charge in [-0.3, -0.25) is 0 Å². The first-order valence-electron chi connectivity index (χ1n) is 6.15. The molecule has 0 radical (unpaired) electrons. The summed E-state index contributed by atoms with van der Waals surface area (Å²) in [6.45, 7) is 2.29. The smallest absolute Gasteiger partial charge is 0.138 e. The number of fused-ring (bicyclic) bond motifs is 1. The van der Waals surface area contributed by atoms with Crippen LogP contribution in [0.3, 0.4) is 0 Å². The standard InChI is InChI=1S/C13H16ClN3/c14-11-3-6-17-9-12(16-13(17)8-11)7-10-1-4-15-5-2-10/h3,6,8-10,15H,1-2,4-5,7H2. The summed E-state index contributed by atoms with van der Waals surface area (Å²) in [5.74, 6) is 0.775. The van der Waals surface area contributed by atoms with Crippen LogP contribution in [0.2, 0.25) is 5.02 Å². The molecule has 3 heterocycles. The fourth-order valence-electron chi connectivity index (χ4n) is 2.49. The van der Waals surface area contributed by atoms with E-state index in [1.165, 1.54) is 18.5 Å². The molecule has 0 aliphatic carbocycles. The van der Waals surface area contributed by atoms with Crippen LogP contribution in [0.25, 0.3) is 5.65 Å². The van der Waals surface area contributed by atoms with Gasteiger partial charge in [-0.25, -0.2) is 4.98 Å². The largest absolute Gasteiger partial charge is 0.317 e. The van der Waals surface area contributed by atoms with Gasteiger partial charge in [-0.05, 0) is 50.4 Å². The highest BCUT2D eigenvalue weighted by atomic mass is 35.5. The Hall–Kier alpha value is -1.06. The molecule has 0 unspecified atom stereocenters. The molecule has 3 rings (SSSR count). The predicted octanol–water partition coefficient (Wildman–Crippen LogP) is 2.53. The van der Waals surface area contributed by atoms with Crippen LogP contribution >= 0.6 is 11.6 Å². The maximum atomic E-state index is 5.96. The highest BCUT2D eigenvalue weighted by Gasteiger charge is 2.15. The maximum Gasteiger partial charge on any atom is 0.138 e. The summed E-state index contributed by atoms with van der Waals surface area (Å²) in [6.07, 6.45) is 7.69. The van der Waals surface area contributed by atoms with Crippen molar-refractivity contribution in [1.29, 1.82) is 0 Å². The average Bonchev–Trinajstić information content (AvgIpc) is 2.71. The zero-order valence-electron chi connectivity index (χ0n) is 9.69. The van der Waals surface area contributed by atoms with Crippen LogP contribution < -0.4 is 5.32 Å². The van der Waals surface area contributed by atoms with Crippen LogP contribution in [0.5, 0.6) is 0 Å². The highest BCUT2D eigenvalue weighted by Crippen LogP contribution is 2.19. The molecule has 1 N–H and O–H groups in total. The summed E-state index contributed by atoms with van der Waals surface area (Å²) in [5.41, 5.74) is 2.13. The quantitative estimate of drug-likeness (QED) is 0.886. The summed E-state index contributed by atoms with van der Waals surface area (Å²) in [4.78, 5) is 4.63. The van der Waals surface area contributed by atoms with E-state index in [2.05, 4.69) is 16.5 Å². The number of nitrogens with zero attached hydrogens (tertiary/aromatic N) is 2. The molecule has 1 saturated heterocycles. The van der Waals surface area contributed by atoms with E-state index in [0.29, 0.717) is 0 Å². The molecule has 0 saturated carbocycles. The molecule has 17 heavy (non-hydrogen) atoms. The van der Waals surface area contributed by atoms with Gasteiger partial charge in [0.1, 0.15) is 5.65 Å². The van der Waals surface area contributed by atoms with Crippen molar-refractivity contribution in [2.24, 2.45) is 5.92 Å². The number of pyridine rings is 1. The van der Waals surface area contributed by atoms with Gasteiger partial charge in [0.15, 0.2) is 0 Å². The summed E-state index contributed by atoms with van der Waals surface area (Å²) in [6, 6.07) is 3.80. The Labute approximate surface area is 106 Å². The Balaban J connectivity index is 1.80. The molecular weight excluding hydrogens is 234 g/mol. The molecule has 2 aromatic rings. The molecular formula is C13H16ClN3. The Bertz CT molecular complexity index is 514. The summed E-state index contributed by atoms with van der Waals surface area (Å²) >= 11 is 5.96. The minimum absolute atomic E-state index is 0.747. The van der Waals surface area contributed by atoms with E-state index in [4.69, 9.17) is 11.6 Å². The number of nitrogens with one attached hydrogen (secondary N) is 1. The molecule has 0 atom stereocenters. The zero-order chi connectivity index (χ0) is 11.7. The van der Waals surface area contributed by atoms with E-state index in [1.807, 2.05) is 22.7 Å². The van der Waals surface area contributed by atoms with E-state index in [9.17, 15) is 0 Å². The second kappa shape index (κ2) is 4.67. The summed E-state index contributed by atoms with van der Waals surface area (Å²) in [7, 11) is 0. The van der Waals surface area contributed by atoms with E-state index in [-0.39, 0.29) is 0 Å². The van der Waals surface area contributed by atoms with Crippen molar-refractivity contribution in [3.05, 3.63) is 35.2 Å². The van der Waals surface area contributed by atoms with Crippen LogP contribution in [0, 0.1) is 5.92 Å². The molecule has 3 nitrogen and oxygen atoms in total. The third kappa shape index (κ3) is 2.45. The van der Waals surface area contributed by atoms with Crippen LogP contribution in [-0.4, -0.2) is 22.5 Å². The molecule has 90 valence electrons. The Kier molecular flexibility index (Phi) is 3.04. The topological polar surface area (TPSA) is 29.3 Å². The van der Waals surface area contributed by atoms with Crippen molar-refractivity contribution >= 4 is 17.2 Å². The fourth-order valence-corrected chi connectivity index (χ4v) is 2.64. The van der Waals surface area contributed by atoms with Crippen LogP contribution in [0.15, 0.2) is 24.5 Å². The van der Waals surface area contributed by atoms with Gasteiger partial charge in [0, 0.05) is 17.4 Å². The maximum absolute atomic E-state index is 5.96. The average molecular weight is 250 g/mol. The van der Waals surface area contributed by atoms with Gasteiger partial charge in [-0.15, -0.1) is 0 Å². The van der Waals surface area contributed by atoms with Crippen molar-refractivity contribution in [1.82, 2.24) is 14.7 Å². The number of hydrogen-bond acceptors (Lipinski definition) is 2. The third-order valence-electron chi connectivity index (χ3n) is 3.43. The van der Waals surface area contributed by atoms with Gasteiger partial charge >= 0.3 is 0 Å². The monoisotopic (exact) mass is 249 g/mol. The molecule has 2 aromatic heterocycles. The first kappa shape index (κ1) is 11.1. The molecule has 4 heteroatoms. The molecule has 1 aliphatic rings. The molecule has 1 fully saturated rings. The second-order valence-electron chi connectivity index (χ2n) is 4.74. The lowest BCUT2D eigenvalue weighted by Crippen LogP contribution is -2.28. The van der Waals surface area contributed by atoms with E-state index in [0.717, 1.165) is 36.1 Å². The van der Waals surface area contributed by atoms with Gasteiger partial charge in [-0.1, -0.05) is 11.6 Å². The SMILES string of the molecule is Clc1ccn2cc(CC3CCNCC3)nc2c1. The predicted molar refractivity (Wildman–Crippen MR) is 69.5 cm³/mol. The minimum atomic E-state index is 0.747. The number of halogens is 1. The number of rotatable bonds is 2. The summed E-state index contributed by atoms with van der Waals surface area (Å²) in [5, 5.41) is 4.14. The van der Waals surface area contributed by atoms with Gasteiger partial charge in [-0.2, -0.15) is 0 Å². The molecule has 0 amide bonds. The van der Waals surface area contributed by atoms with E-state index < -0.39 is 0 Å². The van der Waals surface area contributed by atoms with E-state index >= 15 is 0 Å². The van der Waals surface area contributed by atoms with Crippen molar-refractivity contribution < 1.29 is 0 Å². The Morgan fingerprint density at radius 2 is 2.24 bits per heavy atom. The molecule has 0 aromatic carbocycles. The van der Waals surface area contributed by atoms with Crippen molar-refractivity contribution in [2.45, 2.75) is 19.3 Å². The third-order valence-corrected chi connectivity index (χ3v) is 3.66. The molecule has 0 spiro atoms.